The van der Waals surface area contributed by atoms with Gasteiger partial charge < -0.3 is 19.8 Å². The summed E-state index contributed by atoms with van der Waals surface area (Å²) < 4.78 is 58.0. The lowest BCUT2D eigenvalue weighted by molar-refractivity contribution is -0.139. The largest absolute Gasteiger partial charge is 0.417 e. The van der Waals surface area contributed by atoms with Gasteiger partial charge in [0.1, 0.15) is 6.17 Å². The summed E-state index contributed by atoms with van der Waals surface area (Å²) in [6, 6.07) is 4.05. The molecule has 1 aromatic heterocycles. The highest BCUT2D eigenvalue weighted by atomic mass is 32.2. The van der Waals surface area contributed by atoms with E-state index in [0.29, 0.717) is 75.5 Å². The molecule has 1 aromatic carbocycles. The Morgan fingerprint density at radius 3 is 2.47 bits per heavy atom. The molecule has 0 radical (unpaired) electrons. The zero-order chi connectivity index (χ0) is 33.1. The fourth-order valence-electron chi connectivity index (χ4n) is 7.63. The molecule has 2 atom stereocenters. The minimum Gasteiger partial charge on any atom is -0.390 e. The zero-order valence-electron chi connectivity index (χ0n) is 27.4. The smallest absolute Gasteiger partial charge is 0.390 e. The van der Waals surface area contributed by atoms with Crippen molar-refractivity contribution < 1.29 is 27.5 Å². The van der Waals surface area contributed by atoms with Gasteiger partial charge in [0, 0.05) is 73.2 Å². The molecule has 3 saturated heterocycles. The first kappa shape index (κ1) is 34.7. The molecule has 4 aliphatic heterocycles. The molecular formula is C34H48F4N6O2S. The van der Waals surface area contributed by atoms with Crippen LogP contribution in [0, 0.1) is 0 Å². The van der Waals surface area contributed by atoms with Gasteiger partial charge in [0.2, 0.25) is 5.91 Å². The summed E-state index contributed by atoms with van der Waals surface area (Å²) in [7, 11) is 1.97. The number of amides is 1. The maximum atomic E-state index is 14.2. The molecular weight excluding hydrogens is 632 g/mol. The second-order valence-corrected chi connectivity index (χ2v) is 14.8. The van der Waals surface area contributed by atoms with Gasteiger partial charge in [0.15, 0.2) is 0 Å². The van der Waals surface area contributed by atoms with Gasteiger partial charge in [-0.15, -0.1) is 11.8 Å². The predicted molar refractivity (Wildman–Crippen MR) is 175 cm³/mol. The predicted octanol–water partition coefficient (Wildman–Crippen LogP) is 4.92. The Balaban J connectivity index is 1.27. The Hall–Kier alpha value is -2.19. The van der Waals surface area contributed by atoms with Gasteiger partial charge in [-0.1, -0.05) is 12.5 Å². The van der Waals surface area contributed by atoms with E-state index in [1.165, 1.54) is 24.2 Å². The van der Waals surface area contributed by atoms with Crippen LogP contribution in [0.2, 0.25) is 0 Å². The van der Waals surface area contributed by atoms with Crippen molar-refractivity contribution in [3.05, 3.63) is 35.0 Å². The number of piperidine rings is 2. The van der Waals surface area contributed by atoms with Crippen LogP contribution in [-0.4, -0.2) is 124 Å². The topological polar surface area (TPSA) is 68.1 Å². The van der Waals surface area contributed by atoms with E-state index in [4.69, 9.17) is 5.10 Å². The number of aliphatic hydroxyl groups is 1. The Morgan fingerprint density at radius 1 is 1.00 bits per heavy atom. The Kier molecular flexibility index (Phi) is 11.2. The Labute approximate surface area is 279 Å². The molecule has 13 heteroatoms. The van der Waals surface area contributed by atoms with E-state index < -0.39 is 24.0 Å². The number of benzene rings is 1. The van der Waals surface area contributed by atoms with Crippen LogP contribution in [-0.2, 0) is 30.5 Å². The van der Waals surface area contributed by atoms with Crippen LogP contribution in [0.4, 0.5) is 17.6 Å². The number of carbonyl (C=O) groups is 1. The minimum absolute atomic E-state index is 0.0833. The summed E-state index contributed by atoms with van der Waals surface area (Å²) in [5, 5.41) is 16.1. The third-order valence-electron chi connectivity index (χ3n) is 10.3. The Morgan fingerprint density at radius 2 is 1.77 bits per heavy atom. The first-order valence-corrected chi connectivity index (χ1v) is 18.2. The van der Waals surface area contributed by atoms with Crippen molar-refractivity contribution in [3.63, 3.8) is 0 Å². The fourth-order valence-corrected chi connectivity index (χ4v) is 8.74. The van der Waals surface area contributed by atoms with Crippen LogP contribution in [0.1, 0.15) is 61.8 Å². The van der Waals surface area contributed by atoms with Crippen LogP contribution in [0.3, 0.4) is 0 Å². The number of aliphatic hydroxyl groups excluding tert-OH is 1. The van der Waals surface area contributed by atoms with Crippen molar-refractivity contribution in [2.24, 2.45) is 0 Å². The fraction of sp³-hybridized carbons (Fsp3) is 0.706. The number of hydrogen-bond acceptors (Lipinski definition) is 7. The highest BCUT2D eigenvalue weighted by molar-refractivity contribution is 7.99. The van der Waals surface area contributed by atoms with Crippen LogP contribution >= 0.6 is 11.8 Å². The lowest BCUT2D eigenvalue weighted by Gasteiger charge is -2.32. The van der Waals surface area contributed by atoms with E-state index in [2.05, 4.69) is 14.7 Å². The van der Waals surface area contributed by atoms with Gasteiger partial charge in [-0.25, -0.2) is 4.39 Å². The number of fused-ring (bicyclic) bond motifs is 1. The summed E-state index contributed by atoms with van der Waals surface area (Å²) in [4.78, 5) is 22.1. The highest BCUT2D eigenvalue weighted by Crippen LogP contribution is 2.40. The number of thioether (sulfide) groups is 1. The van der Waals surface area contributed by atoms with E-state index in [-0.39, 0.29) is 23.4 Å². The van der Waals surface area contributed by atoms with E-state index in [9.17, 15) is 27.5 Å². The minimum atomic E-state index is -4.51. The summed E-state index contributed by atoms with van der Waals surface area (Å²) in [5.74, 6) is 0.538. The van der Waals surface area contributed by atoms with Crippen molar-refractivity contribution in [1.82, 2.24) is 29.4 Å². The summed E-state index contributed by atoms with van der Waals surface area (Å²) in [6.45, 7) is 6.35. The molecule has 1 amide bonds. The van der Waals surface area contributed by atoms with Crippen molar-refractivity contribution >= 4 is 17.7 Å². The SMILES string of the molecule is CN1CCC[C@H]1C(=O)N1CCc2c(c(-c3ccc(C(F)(F)F)c(SCCN4CCC(F)CC4)c3)nn2CC(O)CN2CCCCC2)C1. The number of alkyl halides is 4. The molecule has 0 saturated carbocycles. The second kappa shape index (κ2) is 15.1. The van der Waals surface area contributed by atoms with Gasteiger partial charge in [-0.2, -0.15) is 18.3 Å². The molecule has 260 valence electrons. The maximum Gasteiger partial charge on any atom is 0.417 e. The van der Waals surface area contributed by atoms with Gasteiger partial charge in [-0.05, 0) is 77.3 Å². The number of rotatable bonds is 10. The number of carbonyl (C=O) groups excluding carboxylic acids is 1. The molecule has 3 fully saturated rings. The van der Waals surface area contributed by atoms with E-state index in [1.807, 2.05) is 16.6 Å². The summed E-state index contributed by atoms with van der Waals surface area (Å²) in [5.41, 5.74) is 2.25. The number of β-amino-alcohol motifs (C(OH)–C–C–N with tert-alkyl or cyclic N) is 1. The van der Waals surface area contributed by atoms with E-state index in [1.54, 1.807) is 6.07 Å². The zero-order valence-corrected chi connectivity index (χ0v) is 28.2. The first-order chi connectivity index (χ1) is 22.6. The summed E-state index contributed by atoms with van der Waals surface area (Å²) in [6.07, 6.45) is 0.794. The molecule has 2 aromatic rings. The van der Waals surface area contributed by atoms with Crippen LogP contribution in [0.25, 0.3) is 11.3 Å². The number of aromatic nitrogens is 2. The van der Waals surface area contributed by atoms with Crippen LogP contribution in [0.15, 0.2) is 23.1 Å². The number of hydrogen-bond donors (Lipinski definition) is 1. The molecule has 47 heavy (non-hydrogen) atoms. The van der Waals surface area contributed by atoms with Crippen LogP contribution in [0.5, 0.6) is 0 Å². The molecule has 1 unspecified atom stereocenters. The molecule has 6 rings (SSSR count). The number of likely N-dealkylation sites (tertiary alicyclic amines) is 3. The molecule has 0 bridgehead atoms. The first-order valence-electron chi connectivity index (χ1n) is 17.3. The third kappa shape index (κ3) is 8.34. The molecule has 5 heterocycles. The van der Waals surface area contributed by atoms with Crippen LogP contribution < -0.4 is 0 Å². The molecule has 0 aliphatic carbocycles. The van der Waals surface area contributed by atoms with Crippen molar-refractivity contribution in [2.75, 3.05) is 65.2 Å². The number of nitrogens with zero attached hydrogens (tertiary/aromatic N) is 6. The van der Waals surface area contributed by atoms with Gasteiger partial charge in [-0.3, -0.25) is 14.4 Å². The molecule has 4 aliphatic rings. The van der Waals surface area contributed by atoms with Gasteiger partial charge in [0.05, 0.1) is 29.9 Å². The second-order valence-electron chi connectivity index (χ2n) is 13.7. The molecule has 1 N–H and O–H groups in total. The van der Waals surface area contributed by atoms with Crippen molar-refractivity contribution in [2.45, 2.75) is 93.8 Å². The normalized spacial score (nSPS) is 22.9. The monoisotopic (exact) mass is 680 g/mol. The maximum absolute atomic E-state index is 14.2. The lowest BCUT2D eigenvalue weighted by Crippen LogP contribution is -2.46. The van der Waals surface area contributed by atoms with Gasteiger partial charge >= 0.3 is 6.18 Å². The quantitative estimate of drug-likeness (QED) is 0.283. The third-order valence-corrected chi connectivity index (χ3v) is 11.3. The average Bonchev–Trinajstić information content (AvgIpc) is 3.64. The van der Waals surface area contributed by atoms with E-state index >= 15 is 0 Å². The highest BCUT2D eigenvalue weighted by Gasteiger charge is 2.37. The average molecular weight is 681 g/mol. The standard InChI is InChI=1S/C34H48F4N6O2S/c1-40-12-5-6-30(40)33(46)43-17-11-29-27(23-43)32(39-44(29)22-26(45)21-42-13-3-2-4-14-42)24-7-8-28(34(36,37)38)31(20-24)47-19-18-41-15-9-25(35)10-16-41/h7-8,20,25-26,30,45H,2-6,9-19,21-23H2,1H3/t26?,30-/m0/s1. The van der Waals surface area contributed by atoms with Gasteiger partial charge in [0.25, 0.3) is 0 Å². The Bertz CT molecular complexity index is 1380. The van der Waals surface area contributed by atoms with Crippen molar-refractivity contribution in [3.8, 4) is 11.3 Å². The lowest BCUT2D eigenvalue weighted by atomic mass is 9.99. The molecule has 8 nitrogen and oxygen atoms in total. The number of likely N-dealkylation sites (N-methyl/N-ethyl adjacent to an activating group) is 1. The number of halogens is 4. The molecule has 0 spiro atoms. The summed E-state index contributed by atoms with van der Waals surface area (Å²) >= 11 is 1.17. The van der Waals surface area contributed by atoms with E-state index in [0.717, 1.165) is 62.6 Å². The van der Waals surface area contributed by atoms with Crippen molar-refractivity contribution in [1.29, 1.82) is 0 Å².